The lowest BCUT2D eigenvalue weighted by Crippen LogP contribution is -2.41. The van der Waals surface area contributed by atoms with Gasteiger partial charge in [0.05, 0.1) is 18.8 Å². The summed E-state index contributed by atoms with van der Waals surface area (Å²) in [6, 6.07) is 3.49. The molecule has 1 fully saturated rings. The van der Waals surface area contributed by atoms with Gasteiger partial charge in [0.25, 0.3) is 11.8 Å². The van der Waals surface area contributed by atoms with Gasteiger partial charge in [-0.25, -0.2) is 4.98 Å². The van der Waals surface area contributed by atoms with E-state index in [1.54, 1.807) is 29.4 Å². The minimum Gasteiger partial charge on any atom is -0.379 e. The van der Waals surface area contributed by atoms with Crippen LogP contribution in [0, 0.1) is 0 Å². The van der Waals surface area contributed by atoms with Crippen molar-refractivity contribution < 1.29 is 14.3 Å². The molecule has 0 aliphatic carbocycles. The van der Waals surface area contributed by atoms with Gasteiger partial charge in [-0.05, 0) is 25.0 Å². The Morgan fingerprint density at radius 3 is 2.89 bits per heavy atom. The highest BCUT2D eigenvalue weighted by atomic mass is 32.1. The number of aromatic nitrogens is 2. The maximum absolute atomic E-state index is 12.8. The number of carbonyl (C=O) groups is 2. The van der Waals surface area contributed by atoms with Gasteiger partial charge in [-0.1, -0.05) is 0 Å². The van der Waals surface area contributed by atoms with Gasteiger partial charge in [0.15, 0.2) is 10.8 Å². The summed E-state index contributed by atoms with van der Waals surface area (Å²) >= 11 is 1.38. The van der Waals surface area contributed by atoms with Gasteiger partial charge in [-0.15, -0.1) is 11.3 Å². The number of amides is 2. The quantitative estimate of drug-likeness (QED) is 0.810. The third-order valence-corrected chi connectivity index (χ3v) is 5.99. The van der Waals surface area contributed by atoms with E-state index in [2.05, 4.69) is 20.2 Å². The number of nitrogens with one attached hydrogen (secondary N) is 1. The number of hydrogen-bond donors (Lipinski definition) is 1. The van der Waals surface area contributed by atoms with Crippen LogP contribution < -0.4 is 10.2 Å². The number of anilines is 1. The highest BCUT2D eigenvalue weighted by Crippen LogP contribution is 2.32. The van der Waals surface area contributed by atoms with Gasteiger partial charge in [-0.2, -0.15) is 0 Å². The average molecular weight is 401 g/mol. The van der Waals surface area contributed by atoms with Crippen LogP contribution in [0.2, 0.25) is 0 Å². The molecule has 148 valence electrons. The number of fused-ring (bicyclic) bond motifs is 1. The molecule has 0 bridgehead atoms. The summed E-state index contributed by atoms with van der Waals surface area (Å²) in [4.78, 5) is 38.8. The molecular formula is C19H23N5O3S. The maximum atomic E-state index is 12.8. The summed E-state index contributed by atoms with van der Waals surface area (Å²) in [5, 5.41) is 3.36. The molecule has 1 saturated heterocycles. The monoisotopic (exact) mass is 401 g/mol. The second-order valence-electron chi connectivity index (χ2n) is 6.78. The predicted molar refractivity (Wildman–Crippen MR) is 106 cm³/mol. The number of morpholine rings is 1. The first-order valence-corrected chi connectivity index (χ1v) is 10.3. The van der Waals surface area contributed by atoms with Gasteiger partial charge in [0, 0.05) is 50.0 Å². The number of pyridine rings is 1. The molecule has 0 atom stereocenters. The molecule has 2 aromatic rings. The molecule has 0 saturated carbocycles. The van der Waals surface area contributed by atoms with Crippen molar-refractivity contribution in [3.05, 3.63) is 40.0 Å². The highest BCUT2D eigenvalue weighted by molar-refractivity contribution is 7.14. The van der Waals surface area contributed by atoms with Gasteiger partial charge in [0.2, 0.25) is 0 Å². The molecule has 2 amide bonds. The molecule has 2 aliphatic heterocycles. The Morgan fingerprint density at radius 1 is 1.25 bits per heavy atom. The van der Waals surface area contributed by atoms with Gasteiger partial charge in [-0.3, -0.25) is 24.4 Å². The molecule has 0 aromatic carbocycles. The highest BCUT2D eigenvalue weighted by Gasteiger charge is 2.29. The van der Waals surface area contributed by atoms with E-state index in [1.807, 2.05) is 0 Å². The summed E-state index contributed by atoms with van der Waals surface area (Å²) < 4.78 is 5.33. The molecule has 2 aromatic heterocycles. The molecule has 4 rings (SSSR count). The molecule has 1 N–H and O–H groups in total. The molecule has 0 unspecified atom stereocenters. The molecule has 28 heavy (non-hydrogen) atoms. The van der Waals surface area contributed by atoms with Crippen LogP contribution in [-0.4, -0.2) is 72.6 Å². The van der Waals surface area contributed by atoms with Gasteiger partial charge < -0.3 is 10.1 Å². The summed E-state index contributed by atoms with van der Waals surface area (Å²) in [6.07, 6.45) is 4.90. The van der Waals surface area contributed by atoms with Crippen molar-refractivity contribution in [2.75, 3.05) is 50.8 Å². The van der Waals surface area contributed by atoms with E-state index in [0.29, 0.717) is 29.5 Å². The normalized spacial score (nSPS) is 17.2. The molecule has 9 heteroatoms. The van der Waals surface area contributed by atoms with E-state index < -0.39 is 0 Å². The number of hydrogen-bond acceptors (Lipinski definition) is 7. The Bertz CT molecular complexity index is 835. The SMILES string of the molecule is O=C(NCCN1CCOCC1)c1nc2c(s1)CCCN2C(=O)c1cccnc1. The first-order chi connectivity index (χ1) is 13.7. The largest absolute Gasteiger partial charge is 0.379 e. The fraction of sp³-hybridized carbons (Fsp3) is 0.474. The van der Waals surface area contributed by atoms with Crippen molar-refractivity contribution in [2.45, 2.75) is 12.8 Å². The van der Waals surface area contributed by atoms with Crippen molar-refractivity contribution in [1.29, 1.82) is 0 Å². The average Bonchev–Trinajstić information content (AvgIpc) is 3.19. The first-order valence-electron chi connectivity index (χ1n) is 9.52. The van der Waals surface area contributed by atoms with Crippen molar-refractivity contribution in [2.24, 2.45) is 0 Å². The Balaban J connectivity index is 1.41. The molecule has 0 spiro atoms. The zero-order valence-electron chi connectivity index (χ0n) is 15.6. The van der Waals surface area contributed by atoms with Crippen molar-refractivity contribution >= 4 is 29.0 Å². The minimum absolute atomic E-state index is 0.126. The standard InChI is InChI=1S/C19H23N5O3S/c25-17(21-6-8-23-9-11-27-12-10-23)18-22-16-15(28-18)4-2-7-24(16)19(26)14-3-1-5-20-13-14/h1,3,5,13H,2,4,6-12H2,(H,21,25). The Hall–Kier alpha value is -2.36. The number of ether oxygens (including phenoxy) is 1. The zero-order chi connectivity index (χ0) is 19.3. The topological polar surface area (TPSA) is 87.7 Å². The Morgan fingerprint density at radius 2 is 2.11 bits per heavy atom. The lowest BCUT2D eigenvalue weighted by molar-refractivity contribution is 0.0383. The Kier molecular flexibility index (Phi) is 5.94. The summed E-state index contributed by atoms with van der Waals surface area (Å²) in [5.74, 6) is 0.309. The predicted octanol–water partition coefficient (Wildman–Crippen LogP) is 1.19. The van der Waals surface area contributed by atoms with Crippen molar-refractivity contribution in [3.8, 4) is 0 Å². The van der Waals surface area contributed by atoms with Crippen molar-refractivity contribution in [3.63, 3.8) is 0 Å². The number of rotatable bonds is 5. The van der Waals surface area contributed by atoms with Crippen LogP contribution in [0.4, 0.5) is 5.82 Å². The second-order valence-corrected chi connectivity index (χ2v) is 7.86. The molecule has 0 radical (unpaired) electrons. The van der Waals surface area contributed by atoms with Gasteiger partial charge in [0.1, 0.15) is 0 Å². The van der Waals surface area contributed by atoms with E-state index >= 15 is 0 Å². The lowest BCUT2D eigenvalue weighted by atomic mass is 10.1. The number of nitrogens with zero attached hydrogens (tertiary/aromatic N) is 4. The van der Waals surface area contributed by atoms with E-state index in [-0.39, 0.29) is 11.8 Å². The summed E-state index contributed by atoms with van der Waals surface area (Å²) in [7, 11) is 0. The maximum Gasteiger partial charge on any atom is 0.280 e. The zero-order valence-corrected chi connectivity index (χ0v) is 16.4. The van der Waals surface area contributed by atoms with Crippen molar-refractivity contribution in [1.82, 2.24) is 20.2 Å². The first kappa shape index (κ1) is 19.0. The van der Waals surface area contributed by atoms with E-state index in [0.717, 1.165) is 50.6 Å². The van der Waals surface area contributed by atoms with Gasteiger partial charge >= 0.3 is 0 Å². The summed E-state index contributed by atoms with van der Waals surface area (Å²) in [6.45, 7) is 5.25. The molecule has 4 heterocycles. The third-order valence-electron chi connectivity index (χ3n) is 4.88. The van der Waals surface area contributed by atoms with Crippen LogP contribution in [0.5, 0.6) is 0 Å². The fourth-order valence-electron chi connectivity index (χ4n) is 3.39. The van der Waals surface area contributed by atoms with Crippen LogP contribution in [0.25, 0.3) is 0 Å². The van der Waals surface area contributed by atoms with Crippen LogP contribution in [0.3, 0.4) is 0 Å². The number of thiazole rings is 1. The lowest BCUT2D eigenvalue weighted by Gasteiger charge is -2.26. The number of aryl methyl sites for hydroxylation is 1. The van der Waals surface area contributed by atoms with Crippen LogP contribution >= 0.6 is 11.3 Å². The van der Waals surface area contributed by atoms with E-state index in [4.69, 9.17) is 4.74 Å². The molecule has 2 aliphatic rings. The Labute approximate surface area is 167 Å². The van der Waals surface area contributed by atoms with Crippen LogP contribution in [0.1, 0.15) is 31.5 Å². The fourth-order valence-corrected chi connectivity index (χ4v) is 4.41. The second kappa shape index (κ2) is 8.76. The minimum atomic E-state index is -0.179. The summed E-state index contributed by atoms with van der Waals surface area (Å²) in [5.41, 5.74) is 0.528. The number of carbonyl (C=O) groups excluding carboxylic acids is 2. The molecule has 8 nitrogen and oxygen atoms in total. The van der Waals surface area contributed by atoms with Crippen LogP contribution in [0.15, 0.2) is 24.5 Å². The third kappa shape index (κ3) is 4.21. The van der Waals surface area contributed by atoms with E-state index in [9.17, 15) is 9.59 Å². The van der Waals surface area contributed by atoms with Crippen LogP contribution in [-0.2, 0) is 11.2 Å². The van der Waals surface area contributed by atoms with E-state index in [1.165, 1.54) is 11.3 Å². The molecular weight excluding hydrogens is 378 g/mol. The smallest absolute Gasteiger partial charge is 0.280 e.